The number of para-hydroxylation sites is 1. The van der Waals surface area contributed by atoms with Crippen LogP contribution in [0.2, 0.25) is 0 Å². The standard InChI is InChI=1S/C19H19N3O2/c1-11-7-8-14(9-13(11)3)20-19(24)17-10-16(21-22-17)15-6-4-5-12(2)18(15)23/h4-10,23H,1-3H3,(H,20,24)(H,21,22). The summed E-state index contributed by atoms with van der Waals surface area (Å²) in [6.45, 7) is 5.84. The van der Waals surface area contributed by atoms with Gasteiger partial charge in [0.2, 0.25) is 0 Å². The van der Waals surface area contributed by atoms with Crippen molar-refractivity contribution in [2.45, 2.75) is 20.8 Å². The van der Waals surface area contributed by atoms with Gasteiger partial charge in [-0.3, -0.25) is 9.89 Å². The first-order valence-electron chi connectivity index (χ1n) is 7.68. The van der Waals surface area contributed by atoms with E-state index in [0.29, 0.717) is 17.0 Å². The summed E-state index contributed by atoms with van der Waals surface area (Å²) in [5, 5.41) is 19.8. The van der Waals surface area contributed by atoms with Crippen molar-refractivity contribution < 1.29 is 9.90 Å². The molecule has 3 rings (SSSR count). The number of phenolic OH excluding ortho intramolecular Hbond substituents is 1. The Kier molecular flexibility index (Phi) is 4.08. The van der Waals surface area contributed by atoms with E-state index in [9.17, 15) is 9.90 Å². The monoisotopic (exact) mass is 321 g/mol. The molecule has 3 aromatic rings. The molecule has 1 aromatic heterocycles. The van der Waals surface area contributed by atoms with Crippen molar-refractivity contribution in [3.05, 3.63) is 64.8 Å². The molecule has 0 saturated heterocycles. The van der Waals surface area contributed by atoms with Crippen molar-refractivity contribution in [1.29, 1.82) is 0 Å². The molecule has 3 N–H and O–H groups in total. The molecule has 0 radical (unpaired) electrons. The molecule has 24 heavy (non-hydrogen) atoms. The highest BCUT2D eigenvalue weighted by Crippen LogP contribution is 2.30. The number of carbonyl (C=O) groups is 1. The highest BCUT2D eigenvalue weighted by Gasteiger charge is 2.14. The Hall–Kier alpha value is -3.08. The zero-order chi connectivity index (χ0) is 17.3. The molecule has 0 fully saturated rings. The number of rotatable bonds is 3. The van der Waals surface area contributed by atoms with Crippen molar-refractivity contribution in [1.82, 2.24) is 10.2 Å². The lowest BCUT2D eigenvalue weighted by Gasteiger charge is -2.06. The van der Waals surface area contributed by atoms with Crippen LogP contribution in [0.15, 0.2) is 42.5 Å². The highest BCUT2D eigenvalue weighted by atomic mass is 16.3. The van der Waals surface area contributed by atoms with Crippen LogP contribution < -0.4 is 5.32 Å². The Balaban J connectivity index is 1.83. The van der Waals surface area contributed by atoms with E-state index in [4.69, 9.17) is 0 Å². The van der Waals surface area contributed by atoms with E-state index in [2.05, 4.69) is 15.5 Å². The maximum Gasteiger partial charge on any atom is 0.273 e. The fraction of sp³-hybridized carbons (Fsp3) is 0.158. The van der Waals surface area contributed by atoms with Crippen LogP contribution >= 0.6 is 0 Å². The van der Waals surface area contributed by atoms with Crippen LogP contribution in [0.25, 0.3) is 11.3 Å². The largest absolute Gasteiger partial charge is 0.507 e. The Morgan fingerprint density at radius 1 is 1.04 bits per heavy atom. The first kappa shape index (κ1) is 15.8. The number of aromatic amines is 1. The van der Waals surface area contributed by atoms with Gasteiger partial charge in [-0.25, -0.2) is 0 Å². The van der Waals surface area contributed by atoms with Crippen LogP contribution in [0.4, 0.5) is 5.69 Å². The van der Waals surface area contributed by atoms with E-state index in [1.165, 1.54) is 5.56 Å². The summed E-state index contributed by atoms with van der Waals surface area (Å²) in [4.78, 5) is 12.4. The van der Waals surface area contributed by atoms with Gasteiger partial charge >= 0.3 is 0 Å². The third-order valence-electron chi connectivity index (χ3n) is 4.10. The van der Waals surface area contributed by atoms with Gasteiger partial charge in [-0.2, -0.15) is 5.10 Å². The number of nitrogens with one attached hydrogen (secondary N) is 2. The van der Waals surface area contributed by atoms with E-state index in [-0.39, 0.29) is 11.7 Å². The lowest BCUT2D eigenvalue weighted by Crippen LogP contribution is -2.12. The van der Waals surface area contributed by atoms with Crippen molar-refractivity contribution >= 4 is 11.6 Å². The summed E-state index contributed by atoms with van der Waals surface area (Å²) in [6.07, 6.45) is 0. The molecular weight excluding hydrogens is 302 g/mol. The molecule has 0 saturated carbocycles. The van der Waals surface area contributed by atoms with Gasteiger partial charge in [0.15, 0.2) is 0 Å². The summed E-state index contributed by atoms with van der Waals surface area (Å²) < 4.78 is 0. The van der Waals surface area contributed by atoms with Crippen molar-refractivity contribution in [3.63, 3.8) is 0 Å². The van der Waals surface area contributed by atoms with Crippen molar-refractivity contribution in [2.24, 2.45) is 0 Å². The molecule has 0 aliphatic rings. The molecule has 0 aliphatic carbocycles. The summed E-state index contributed by atoms with van der Waals surface area (Å²) in [7, 11) is 0. The zero-order valence-electron chi connectivity index (χ0n) is 13.8. The second kappa shape index (κ2) is 6.20. The topological polar surface area (TPSA) is 78.0 Å². The van der Waals surface area contributed by atoms with E-state index in [1.807, 2.05) is 51.1 Å². The Morgan fingerprint density at radius 3 is 2.58 bits per heavy atom. The molecule has 2 aromatic carbocycles. The maximum absolute atomic E-state index is 12.4. The minimum absolute atomic E-state index is 0.171. The van der Waals surface area contributed by atoms with Crippen molar-refractivity contribution in [3.8, 4) is 17.0 Å². The van der Waals surface area contributed by atoms with Gasteiger partial charge in [0, 0.05) is 11.3 Å². The lowest BCUT2D eigenvalue weighted by atomic mass is 10.1. The van der Waals surface area contributed by atoms with E-state index in [0.717, 1.165) is 16.8 Å². The molecule has 0 aliphatic heterocycles. The number of aryl methyl sites for hydroxylation is 3. The van der Waals surface area contributed by atoms with Gasteiger partial charge in [-0.05, 0) is 61.7 Å². The summed E-state index contributed by atoms with van der Waals surface area (Å²) >= 11 is 0. The first-order chi connectivity index (χ1) is 11.5. The van der Waals surface area contributed by atoms with Crippen LogP contribution in [0.1, 0.15) is 27.2 Å². The maximum atomic E-state index is 12.4. The first-order valence-corrected chi connectivity index (χ1v) is 7.68. The molecule has 0 atom stereocenters. The number of aromatic hydroxyl groups is 1. The Bertz CT molecular complexity index is 913. The number of H-pyrrole nitrogens is 1. The molecule has 0 bridgehead atoms. The molecular formula is C19H19N3O2. The molecule has 5 nitrogen and oxygen atoms in total. The van der Waals surface area contributed by atoms with Gasteiger partial charge in [-0.1, -0.05) is 18.2 Å². The van der Waals surface area contributed by atoms with Gasteiger partial charge in [0.25, 0.3) is 5.91 Å². The van der Waals surface area contributed by atoms with Crippen molar-refractivity contribution in [2.75, 3.05) is 5.32 Å². The summed E-state index contributed by atoms with van der Waals surface area (Å²) in [6, 6.07) is 12.8. The smallest absolute Gasteiger partial charge is 0.273 e. The number of phenols is 1. The molecule has 5 heteroatoms. The Labute approximate surface area is 140 Å². The van der Waals surface area contributed by atoms with Gasteiger partial charge in [0.1, 0.15) is 11.4 Å². The van der Waals surface area contributed by atoms with E-state index < -0.39 is 0 Å². The second-order valence-electron chi connectivity index (χ2n) is 5.89. The molecule has 0 spiro atoms. The molecule has 1 heterocycles. The fourth-order valence-electron chi connectivity index (χ4n) is 2.46. The number of carbonyl (C=O) groups excluding carboxylic acids is 1. The van der Waals surface area contributed by atoms with Crippen LogP contribution in [0.5, 0.6) is 5.75 Å². The van der Waals surface area contributed by atoms with Crippen LogP contribution in [-0.4, -0.2) is 21.2 Å². The fourth-order valence-corrected chi connectivity index (χ4v) is 2.46. The predicted octanol–water partition coefficient (Wildman–Crippen LogP) is 3.96. The number of aromatic nitrogens is 2. The van der Waals surface area contributed by atoms with E-state index >= 15 is 0 Å². The highest BCUT2D eigenvalue weighted by molar-refractivity contribution is 6.03. The van der Waals surface area contributed by atoms with Crippen LogP contribution in [0.3, 0.4) is 0 Å². The van der Waals surface area contributed by atoms with Gasteiger partial charge in [-0.15, -0.1) is 0 Å². The third-order valence-corrected chi connectivity index (χ3v) is 4.10. The van der Waals surface area contributed by atoms with Gasteiger partial charge in [0.05, 0.1) is 5.69 Å². The van der Waals surface area contributed by atoms with Crippen LogP contribution in [-0.2, 0) is 0 Å². The minimum atomic E-state index is -0.274. The average Bonchev–Trinajstić information content (AvgIpc) is 3.03. The third kappa shape index (κ3) is 3.01. The number of nitrogens with zero attached hydrogens (tertiary/aromatic N) is 1. The lowest BCUT2D eigenvalue weighted by molar-refractivity contribution is 0.102. The number of benzene rings is 2. The molecule has 122 valence electrons. The normalized spacial score (nSPS) is 10.6. The van der Waals surface area contributed by atoms with E-state index in [1.54, 1.807) is 12.1 Å². The number of anilines is 1. The second-order valence-corrected chi connectivity index (χ2v) is 5.89. The zero-order valence-corrected chi connectivity index (χ0v) is 13.8. The summed E-state index contributed by atoms with van der Waals surface area (Å²) in [5.74, 6) is -0.103. The molecule has 0 unspecified atom stereocenters. The number of hydrogen-bond donors (Lipinski definition) is 3. The predicted molar refractivity (Wildman–Crippen MR) is 94.3 cm³/mol. The van der Waals surface area contributed by atoms with Gasteiger partial charge < -0.3 is 10.4 Å². The quantitative estimate of drug-likeness (QED) is 0.683. The SMILES string of the molecule is Cc1ccc(NC(=O)c2cc(-c3cccc(C)c3O)n[nH]2)cc1C. The molecule has 1 amide bonds. The number of amides is 1. The minimum Gasteiger partial charge on any atom is -0.507 e. The summed E-state index contributed by atoms with van der Waals surface area (Å²) in [5.41, 5.74) is 5.24. The average molecular weight is 321 g/mol. The van der Waals surface area contributed by atoms with Crippen LogP contribution in [0, 0.1) is 20.8 Å². The number of hydrogen-bond acceptors (Lipinski definition) is 3. The Morgan fingerprint density at radius 2 is 1.83 bits per heavy atom.